The van der Waals surface area contributed by atoms with Gasteiger partial charge in [-0.05, 0) is 43.9 Å². The predicted molar refractivity (Wildman–Crippen MR) is 79.0 cm³/mol. The van der Waals surface area contributed by atoms with E-state index in [-0.39, 0.29) is 17.9 Å². The van der Waals surface area contributed by atoms with Crippen molar-refractivity contribution in [3.05, 3.63) is 34.3 Å². The van der Waals surface area contributed by atoms with E-state index in [0.717, 1.165) is 23.7 Å². The third kappa shape index (κ3) is 4.62. The smallest absolute Gasteiger partial charge is 0.225 e. The van der Waals surface area contributed by atoms with E-state index >= 15 is 0 Å². The summed E-state index contributed by atoms with van der Waals surface area (Å²) in [6.45, 7) is 3.35. The summed E-state index contributed by atoms with van der Waals surface area (Å²) in [4.78, 5) is 11.9. The predicted octanol–water partition coefficient (Wildman–Crippen LogP) is 2.92. The largest absolute Gasteiger partial charge is 0.381 e. The monoisotopic (exact) mass is 325 g/mol. The third-order valence-electron chi connectivity index (χ3n) is 3.47. The number of nitrogens with one attached hydrogen (secondary N) is 1. The number of amides is 1. The summed E-state index contributed by atoms with van der Waals surface area (Å²) < 4.78 is 6.33. The Labute approximate surface area is 122 Å². The standard InChI is InChI=1S/C15H20BrNO2/c1-11(17-15(18)13-8-9-19-10-13)2-3-12-4-6-14(16)7-5-12/h4-7,11,13H,2-3,8-10H2,1H3,(H,17,18)/t11-,13-/m1/s1. The molecule has 19 heavy (non-hydrogen) atoms. The molecule has 1 fully saturated rings. The van der Waals surface area contributed by atoms with Crippen LogP contribution in [0.15, 0.2) is 28.7 Å². The quantitative estimate of drug-likeness (QED) is 0.903. The highest BCUT2D eigenvalue weighted by atomic mass is 79.9. The maximum atomic E-state index is 11.9. The summed E-state index contributed by atoms with van der Waals surface area (Å²) in [7, 11) is 0. The molecule has 1 aliphatic heterocycles. The molecule has 1 aliphatic rings. The molecule has 0 aromatic heterocycles. The highest BCUT2D eigenvalue weighted by molar-refractivity contribution is 9.10. The van der Waals surface area contributed by atoms with Crippen molar-refractivity contribution in [3.63, 3.8) is 0 Å². The van der Waals surface area contributed by atoms with Crippen LogP contribution in [-0.2, 0) is 16.0 Å². The van der Waals surface area contributed by atoms with Crippen molar-refractivity contribution < 1.29 is 9.53 Å². The molecule has 3 nitrogen and oxygen atoms in total. The SMILES string of the molecule is C[C@H](CCc1ccc(Br)cc1)NC(=O)[C@@H]1CCOC1. The maximum absolute atomic E-state index is 11.9. The highest BCUT2D eigenvalue weighted by Crippen LogP contribution is 2.14. The number of carbonyl (C=O) groups excluding carboxylic acids is 1. The first-order valence-electron chi connectivity index (χ1n) is 6.77. The first kappa shape index (κ1) is 14.5. The number of benzene rings is 1. The van der Waals surface area contributed by atoms with E-state index in [9.17, 15) is 4.79 Å². The summed E-state index contributed by atoms with van der Waals surface area (Å²) in [5.74, 6) is 0.191. The molecule has 0 saturated carbocycles. The van der Waals surface area contributed by atoms with Gasteiger partial charge in [0.2, 0.25) is 5.91 Å². The number of hydrogen-bond donors (Lipinski definition) is 1. The first-order chi connectivity index (χ1) is 9.15. The van der Waals surface area contributed by atoms with Crippen molar-refractivity contribution in [2.75, 3.05) is 13.2 Å². The molecule has 0 aliphatic carbocycles. The van der Waals surface area contributed by atoms with Gasteiger partial charge >= 0.3 is 0 Å². The van der Waals surface area contributed by atoms with Gasteiger partial charge in [0, 0.05) is 17.1 Å². The number of halogens is 1. The summed E-state index contributed by atoms with van der Waals surface area (Å²) in [6, 6.07) is 8.53. The molecular formula is C15H20BrNO2. The molecule has 104 valence electrons. The van der Waals surface area contributed by atoms with Gasteiger partial charge < -0.3 is 10.1 Å². The van der Waals surface area contributed by atoms with Crippen LogP contribution in [0.3, 0.4) is 0 Å². The topological polar surface area (TPSA) is 38.3 Å². The van der Waals surface area contributed by atoms with Gasteiger partial charge in [-0.1, -0.05) is 28.1 Å². The Hall–Kier alpha value is -0.870. The number of ether oxygens (including phenoxy) is 1. The van der Waals surface area contributed by atoms with Gasteiger partial charge in [-0.15, -0.1) is 0 Å². The van der Waals surface area contributed by atoms with Gasteiger partial charge in [0.15, 0.2) is 0 Å². The molecule has 1 N–H and O–H groups in total. The second-order valence-electron chi connectivity index (χ2n) is 5.14. The number of aryl methyl sites for hydroxylation is 1. The van der Waals surface area contributed by atoms with Crippen molar-refractivity contribution in [1.82, 2.24) is 5.32 Å². The van der Waals surface area contributed by atoms with Crippen LogP contribution in [0.4, 0.5) is 0 Å². The number of carbonyl (C=O) groups is 1. The zero-order chi connectivity index (χ0) is 13.7. The molecule has 1 heterocycles. The lowest BCUT2D eigenvalue weighted by atomic mass is 10.0. The van der Waals surface area contributed by atoms with Crippen LogP contribution in [-0.4, -0.2) is 25.2 Å². The first-order valence-corrected chi connectivity index (χ1v) is 7.57. The second-order valence-corrected chi connectivity index (χ2v) is 6.05. The van der Waals surface area contributed by atoms with Crippen molar-refractivity contribution in [3.8, 4) is 0 Å². The second kappa shape index (κ2) is 7.06. The third-order valence-corrected chi connectivity index (χ3v) is 4.00. The average Bonchev–Trinajstić information content (AvgIpc) is 2.92. The van der Waals surface area contributed by atoms with Gasteiger partial charge in [0.05, 0.1) is 12.5 Å². The van der Waals surface area contributed by atoms with Crippen molar-refractivity contribution in [1.29, 1.82) is 0 Å². The van der Waals surface area contributed by atoms with Crippen LogP contribution in [0.5, 0.6) is 0 Å². The zero-order valence-corrected chi connectivity index (χ0v) is 12.8. The lowest BCUT2D eigenvalue weighted by Crippen LogP contribution is -2.37. The van der Waals surface area contributed by atoms with E-state index in [1.54, 1.807) is 0 Å². The Morgan fingerprint density at radius 3 is 2.84 bits per heavy atom. The molecule has 1 aromatic carbocycles. The van der Waals surface area contributed by atoms with Crippen molar-refractivity contribution >= 4 is 21.8 Å². The van der Waals surface area contributed by atoms with Crippen LogP contribution < -0.4 is 5.32 Å². The lowest BCUT2D eigenvalue weighted by molar-refractivity contribution is -0.125. The Kier molecular flexibility index (Phi) is 5.40. The fraction of sp³-hybridized carbons (Fsp3) is 0.533. The van der Waals surface area contributed by atoms with Crippen molar-refractivity contribution in [2.45, 2.75) is 32.2 Å². The zero-order valence-electron chi connectivity index (χ0n) is 11.2. The van der Waals surface area contributed by atoms with Gasteiger partial charge in [0.1, 0.15) is 0 Å². The van der Waals surface area contributed by atoms with E-state index in [2.05, 4.69) is 52.4 Å². The van der Waals surface area contributed by atoms with Crippen LogP contribution in [0.2, 0.25) is 0 Å². The lowest BCUT2D eigenvalue weighted by Gasteiger charge is -2.16. The molecule has 1 aromatic rings. The van der Waals surface area contributed by atoms with Crippen LogP contribution in [0, 0.1) is 5.92 Å². The highest BCUT2D eigenvalue weighted by Gasteiger charge is 2.24. The molecule has 1 amide bonds. The van der Waals surface area contributed by atoms with E-state index in [1.165, 1.54) is 5.56 Å². The number of rotatable bonds is 5. The molecule has 1 saturated heterocycles. The molecular weight excluding hydrogens is 306 g/mol. The van der Waals surface area contributed by atoms with Crippen LogP contribution >= 0.6 is 15.9 Å². The minimum absolute atomic E-state index is 0.0510. The fourth-order valence-corrected chi connectivity index (χ4v) is 2.47. The van der Waals surface area contributed by atoms with E-state index in [0.29, 0.717) is 13.2 Å². The van der Waals surface area contributed by atoms with Gasteiger partial charge in [-0.2, -0.15) is 0 Å². The summed E-state index contributed by atoms with van der Waals surface area (Å²) in [6.07, 6.45) is 2.79. The Balaban J connectivity index is 1.73. The van der Waals surface area contributed by atoms with E-state index in [4.69, 9.17) is 4.74 Å². The van der Waals surface area contributed by atoms with E-state index in [1.807, 2.05) is 0 Å². The minimum atomic E-state index is 0.0510. The van der Waals surface area contributed by atoms with Gasteiger partial charge in [-0.25, -0.2) is 0 Å². The molecule has 0 bridgehead atoms. The minimum Gasteiger partial charge on any atom is -0.381 e. The Morgan fingerprint density at radius 1 is 1.47 bits per heavy atom. The van der Waals surface area contributed by atoms with Crippen molar-refractivity contribution in [2.24, 2.45) is 5.92 Å². The molecule has 2 rings (SSSR count). The summed E-state index contributed by atoms with van der Waals surface area (Å²) in [5.41, 5.74) is 1.30. The average molecular weight is 326 g/mol. The molecule has 0 radical (unpaired) electrons. The van der Waals surface area contributed by atoms with Crippen LogP contribution in [0.25, 0.3) is 0 Å². The van der Waals surface area contributed by atoms with Gasteiger partial charge in [0.25, 0.3) is 0 Å². The number of hydrogen-bond acceptors (Lipinski definition) is 2. The molecule has 0 unspecified atom stereocenters. The van der Waals surface area contributed by atoms with Crippen LogP contribution in [0.1, 0.15) is 25.3 Å². The molecule has 4 heteroatoms. The maximum Gasteiger partial charge on any atom is 0.225 e. The molecule has 2 atom stereocenters. The molecule has 0 spiro atoms. The van der Waals surface area contributed by atoms with E-state index < -0.39 is 0 Å². The summed E-state index contributed by atoms with van der Waals surface area (Å²) in [5, 5.41) is 3.08. The Morgan fingerprint density at radius 2 is 2.21 bits per heavy atom. The fourth-order valence-electron chi connectivity index (χ4n) is 2.21. The normalized spacial score (nSPS) is 20.2. The van der Waals surface area contributed by atoms with Gasteiger partial charge in [-0.3, -0.25) is 4.79 Å². The summed E-state index contributed by atoms with van der Waals surface area (Å²) >= 11 is 3.43. The Bertz CT molecular complexity index is 413.